The molecule has 0 amide bonds. The molecule has 3 aromatic heterocycles. The molecule has 262 valence electrons. The van der Waals surface area contributed by atoms with Gasteiger partial charge in [0, 0.05) is 17.0 Å². The summed E-state index contributed by atoms with van der Waals surface area (Å²) in [5.41, 5.74) is 2.34. The Morgan fingerprint density at radius 3 is 2.58 bits per heavy atom. The predicted octanol–water partition coefficient (Wildman–Crippen LogP) is 6.88. The fraction of sp³-hybridized carbons (Fsp3) is 0.361. The van der Waals surface area contributed by atoms with E-state index in [9.17, 15) is 14.3 Å². The van der Waals surface area contributed by atoms with Crippen molar-refractivity contribution in [3.05, 3.63) is 76.0 Å². The number of anilines is 4. The number of rotatable bonds is 17. The van der Waals surface area contributed by atoms with Gasteiger partial charge in [-0.25, -0.2) is 19.2 Å². The smallest absolute Gasteiger partial charge is 0.355 e. The molecule has 0 fully saturated rings. The molecule has 50 heavy (non-hydrogen) atoms. The number of hydrogen-bond donors (Lipinski definition) is 3. The lowest BCUT2D eigenvalue weighted by Crippen LogP contribution is -2.21. The monoisotopic (exact) mass is 716 g/mol. The number of halogens is 1. The van der Waals surface area contributed by atoms with E-state index in [-0.39, 0.29) is 18.1 Å². The molecule has 0 saturated carbocycles. The lowest BCUT2D eigenvalue weighted by molar-refractivity contribution is 0.0690. The summed E-state index contributed by atoms with van der Waals surface area (Å²) in [5.74, 6) is 5.51. The van der Waals surface area contributed by atoms with Crippen molar-refractivity contribution in [2.75, 3.05) is 57.6 Å². The Morgan fingerprint density at radius 1 is 1.02 bits per heavy atom. The summed E-state index contributed by atoms with van der Waals surface area (Å²) in [7, 11) is 5.90. The van der Waals surface area contributed by atoms with Gasteiger partial charge in [0.05, 0.1) is 23.4 Å². The van der Waals surface area contributed by atoms with Crippen LogP contribution in [-0.2, 0) is 6.42 Å². The van der Waals surface area contributed by atoms with Crippen LogP contribution in [0.5, 0.6) is 5.75 Å². The van der Waals surface area contributed by atoms with Gasteiger partial charge in [-0.1, -0.05) is 41.7 Å². The highest BCUT2D eigenvalue weighted by atomic mass is 32.1. The summed E-state index contributed by atoms with van der Waals surface area (Å²) in [6.07, 6.45) is 3.76. The molecule has 0 aliphatic heterocycles. The Hall–Kier alpha value is -4.68. The third-order valence-electron chi connectivity index (χ3n) is 7.61. The first-order valence-corrected chi connectivity index (χ1v) is 18.0. The number of nitrogens with one attached hydrogen (secondary N) is 2. The number of nitrogens with zero attached hydrogens (tertiary/aromatic N) is 6. The number of unbranched alkanes of at least 4 members (excludes halogenated alkanes) is 2. The maximum absolute atomic E-state index is 14.6. The molecule has 3 N–H and O–H groups in total. The Kier molecular flexibility index (Phi) is 13.0. The van der Waals surface area contributed by atoms with Gasteiger partial charge in [0.25, 0.3) is 0 Å². The van der Waals surface area contributed by atoms with Crippen molar-refractivity contribution < 1.29 is 19.0 Å². The summed E-state index contributed by atoms with van der Waals surface area (Å²) < 4.78 is 21.4. The number of fused-ring (bicyclic) bond motifs is 1. The average molecular weight is 717 g/mol. The second-order valence-corrected chi connectivity index (χ2v) is 14.0. The summed E-state index contributed by atoms with van der Waals surface area (Å²) in [4.78, 5) is 26.2. The van der Waals surface area contributed by atoms with E-state index < -0.39 is 11.8 Å². The molecule has 3 heterocycles. The highest BCUT2D eigenvalue weighted by Crippen LogP contribution is 2.34. The van der Waals surface area contributed by atoms with Gasteiger partial charge in [0.1, 0.15) is 0 Å². The van der Waals surface area contributed by atoms with Gasteiger partial charge in [-0.3, -0.25) is 0 Å². The molecule has 0 aliphatic carbocycles. The van der Waals surface area contributed by atoms with Crippen molar-refractivity contribution in [2.45, 2.75) is 39.0 Å². The van der Waals surface area contributed by atoms with Crippen LogP contribution in [0.3, 0.4) is 0 Å². The highest BCUT2D eigenvalue weighted by molar-refractivity contribution is 7.22. The SMILES string of the molecule is CNCC#Cc1ccc(OCCCc2sc(N(CCCCCN(C)C)c3cc(C)c(Nc4nc5ccccc5s4)nn3)nc2C(=O)O)c(F)c1. The molecule has 0 unspecified atom stereocenters. The van der Waals surface area contributed by atoms with Crippen LogP contribution in [0.2, 0.25) is 0 Å². The van der Waals surface area contributed by atoms with Gasteiger partial charge in [-0.05, 0) is 102 Å². The number of hydrogen-bond acceptors (Lipinski definition) is 12. The zero-order valence-corrected chi connectivity index (χ0v) is 30.3. The minimum absolute atomic E-state index is 0.00270. The zero-order chi connectivity index (χ0) is 35.5. The normalized spacial score (nSPS) is 11.1. The Bertz CT molecular complexity index is 1940. The predicted molar refractivity (Wildman–Crippen MR) is 199 cm³/mol. The molecule has 2 aromatic carbocycles. The quantitative estimate of drug-likeness (QED) is 0.0688. The first-order chi connectivity index (χ1) is 24.2. The number of aryl methyl sites for hydroxylation is 2. The fourth-order valence-electron chi connectivity index (χ4n) is 5.07. The largest absolute Gasteiger partial charge is 0.491 e. The van der Waals surface area contributed by atoms with Gasteiger partial charge in [-0.15, -0.1) is 21.5 Å². The molecule has 0 bridgehead atoms. The van der Waals surface area contributed by atoms with E-state index in [0.29, 0.717) is 53.1 Å². The fourth-order valence-corrected chi connectivity index (χ4v) is 7.07. The maximum atomic E-state index is 14.6. The Morgan fingerprint density at radius 2 is 1.84 bits per heavy atom. The number of para-hydroxylation sites is 1. The lowest BCUT2D eigenvalue weighted by atomic mass is 10.2. The van der Waals surface area contributed by atoms with Gasteiger partial charge in [0.2, 0.25) is 0 Å². The van der Waals surface area contributed by atoms with E-state index in [2.05, 4.69) is 61.6 Å². The summed E-state index contributed by atoms with van der Waals surface area (Å²) >= 11 is 2.86. The van der Waals surface area contributed by atoms with E-state index in [1.807, 2.05) is 42.2 Å². The number of carbonyl (C=O) groups is 1. The van der Waals surface area contributed by atoms with Crippen molar-refractivity contribution in [1.29, 1.82) is 0 Å². The van der Waals surface area contributed by atoms with Crippen LogP contribution in [-0.4, -0.2) is 83.5 Å². The van der Waals surface area contributed by atoms with Gasteiger partial charge >= 0.3 is 5.97 Å². The average Bonchev–Trinajstić information content (AvgIpc) is 3.70. The van der Waals surface area contributed by atoms with E-state index in [1.54, 1.807) is 30.5 Å². The molecule has 0 spiro atoms. The van der Waals surface area contributed by atoms with Crippen molar-refractivity contribution in [3.63, 3.8) is 0 Å². The number of aromatic carboxylic acids is 1. The minimum atomic E-state index is -1.10. The van der Waals surface area contributed by atoms with Crippen LogP contribution in [0.15, 0.2) is 48.5 Å². The topological polar surface area (TPSA) is 129 Å². The second-order valence-electron chi connectivity index (χ2n) is 11.9. The summed E-state index contributed by atoms with van der Waals surface area (Å²) in [6.45, 7) is 4.24. The molecule has 11 nitrogen and oxygen atoms in total. The van der Waals surface area contributed by atoms with Crippen LogP contribution >= 0.6 is 22.7 Å². The van der Waals surface area contributed by atoms with E-state index in [1.165, 1.54) is 17.4 Å². The van der Waals surface area contributed by atoms with Gasteiger partial charge < -0.3 is 30.3 Å². The lowest BCUT2D eigenvalue weighted by Gasteiger charge is -2.21. The van der Waals surface area contributed by atoms with Gasteiger partial charge in [-0.2, -0.15) is 0 Å². The molecule has 0 radical (unpaired) electrons. The highest BCUT2D eigenvalue weighted by Gasteiger charge is 2.23. The number of aromatic nitrogens is 4. The first-order valence-electron chi connectivity index (χ1n) is 16.4. The molecular weight excluding hydrogens is 676 g/mol. The molecule has 0 aliphatic rings. The van der Waals surface area contributed by atoms with E-state index in [0.717, 1.165) is 46.7 Å². The summed E-state index contributed by atoms with van der Waals surface area (Å²) in [6, 6.07) is 14.5. The number of benzene rings is 2. The third-order valence-corrected chi connectivity index (χ3v) is 9.70. The Balaban J connectivity index is 1.30. The number of ether oxygens (including phenoxy) is 1. The molecule has 5 rings (SSSR count). The summed E-state index contributed by atoms with van der Waals surface area (Å²) in [5, 5.41) is 26.6. The molecular formula is C36H41FN8O3S2. The van der Waals surface area contributed by atoms with Crippen LogP contribution < -0.4 is 20.3 Å². The third kappa shape index (κ3) is 9.95. The van der Waals surface area contributed by atoms with Crippen LogP contribution in [0.25, 0.3) is 10.2 Å². The minimum Gasteiger partial charge on any atom is -0.491 e. The van der Waals surface area contributed by atoms with Crippen LogP contribution in [0, 0.1) is 24.6 Å². The van der Waals surface area contributed by atoms with Crippen molar-refractivity contribution in [2.24, 2.45) is 0 Å². The number of carboxylic acid groups (broad SMARTS) is 1. The maximum Gasteiger partial charge on any atom is 0.355 e. The molecule has 5 aromatic rings. The molecule has 0 atom stereocenters. The van der Waals surface area contributed by atoms with E-state index in [4.69, 9.17) is 4.74 Å². The van der Waals surface area contributed by atoms with Crippen molar-refractivity contribution >= 4 is 60.8 Å². The van der Waals surface area contributed by atoms with E-state index >= 15 is 0 Å². The second kappa shape index (κ2) is 17.8. The van der Waals surface area contributed by atoms with Crippen molar-refractivity contribution in [3.8, 4) is 17.6 Å². The van der Waals surface area contributed by atoms with Crippen LogP contribution in [0.1, 0.15) is 52.2 Å². The molecule has 0 saturated heterocycles. The first kappa shape index (κ1) is 36.6. The molecule has 14 heteroatoms. The number of carboxylic acids is 1. The van der Waals surface area contributed by atoms with Crippen molar-refractivity contribution in [1.82, 2.24) is 30.4 Å². The zero-order valence-electron chi connectivity index (χ0n) is 28.6. The number of thiazole rings is 2. The Labute approximate surface area is 299 Å². The van der Waals surface area contributed by atoms with Crippen LogP contribution in [0.4, 0.5) is 26.3 Å². The van der Waals surface area contributed by atoms with Gasteiger partial charge in [0.15, 0.2) is 39.2 Å². The standard InChI is InChI=1S/C36H41FN8O3S2/c1-24-22-31(42-43-33(24)41-35-39-27-13-6-7-14-29(27)49-35)45(20-9-5-8-19-44(3)4)36-40-32(34(46)47)30(50-36)15-11-21-48-28-17-16-25(23-26(28)37)12-10-18-38-2/h6-7,13-14,16-17,22-23,38H,5,8-9,11,15,18-21H2,1-4H3,(H,46,47)(H,39,41,43).